The first kappa shape index (κ1) is 33.7. The molecule has 0 spiro atoms. The summed E-state index contributed by atoms with van der Waals surface area (Å²) in [5, 5.41) is 0.403. The van der Waals surface area contributed by atoms with Crippen molar-refractivity contribution in [3.8, 4) is 16.5 Å². The lowest BCUT2D eigenvalue weighted by atomic mass is 9.97. The van der Waals surface area contributed by atoms with Gasteiger partial charge in [0.2, 0.25) is 11.8 Å². The molecule has 2 aliphatic rings. The normalized spacial score (nSPS) is 15.7. The van der Waals surface area contributed by atoms with Gasteiger partial charge in [0.25, 0.3) is 5.56 Å². The second-order valence-electron chi connectivity index (χ2n) is 12.1. The molecule has 46 heavy (non-hydrogen) atoms. The van der Waals surface area contributed by atoms with Gasteiger partial charge in [-0.1, -0.05) is 18.2 Å². The number of rotatable bonds is 8. The van der Waals surface area contributed by atoms with E-state index in [2.05, 4.69) is 17.9 Å². The number of aryl methyl sites for hydroxylation is 3. The Morgan fingerprint density at radius 2 is 1.83 bits per heavy atom. The van der Waals surface area contributed by atoms with Crippen molar-refractivity contribution in [2.45, 2.75) is 83.9 Å². The number of carbonyl (C=O) groups excluding carboxylic acids is 2. The number of thiophene rings is 1. The fourth-order valence-electron chi connectivity index (χ4n) is 6.14. The summed E-state index contributed by atoms with van der Waals surface area (Å²) in [6, 6.07) is 7.65. The molecular formula is C33H40N4O7S2. The Bertz CT molecular complexity index is 1810. The van der Waals surface area contributed by atoms with E-state index in [4.69, 9.17) is 13.3 Å². The lowest BCUT2D eigenvalue weighted by molar-refractivity contribution is -0.138. The van der Waals surface area contributed by atoms with Crippen LogP contribution >= 0.6 is 24.2 Å². The third-order valence-corrected chi connectivity index (χ3v) is 10.4. The van der Waals surface area contributed by atoms with Crippen molar-refractivity contribution in [1.82, 2.24) is 19.0 Å². The number of carbonyl (C=O) groups is 2. The molecule has 1 saturated carbocycles. The van der Waals surface area contributed by atoms with Crippen LogP contribution in [0.4, 0.5) is 0 Å². The molecule has 6 rings (SSSR count). The molecule has 246 valence electrons. The number of nitrogens with zero attached hydrogens (tertiary/aromatic N) is 4. The number of ether oxygens (including phenoxy) is 1. The van der Waals surface area contributed by atoms with Crippen molar-refractivity contribution in [3.05, 3.63) is 68.7 Å². The van der Waals surface area contributed by atoms with E-state index in [0.717, 1.165) is 41.6 Å². The van der Waals surface area contributed by atoms with E-state index in [1.54, 1.807) is 36.6 Å². The fourth-order valence-corrected chi connectivity index (χ4v) is 7.61. The van der Waals surface area contributed by atoms with Crippen LogP contribution < -0.4 is 16.0 Å². The minimum Gasteiger partial charge on any atom is -0.496 e. The van der Waals surface area contributed by atoms with Gasteiger partial charge in [0.1, 0.15) is 28.2 Å². The Morgan fingerprint density at radius 3 is 2.46 bits per heavy atom. The number of methoxy groups -OCH3 is 1. The summed E-state index contributed by atoms with van der Waals surface area (Å²) in [4.78, 5) is 59.4. The summed E-state index contributed by atoms with van der Waals surface area (Å²) in [6.07, 6.45) is 8.62. The summed E-state index contributed by atoms with van der Waals surface area (Å²) < 4.78 is 18.5. The van der Waals surface area contributed by atoms with Gasteiger partial charge in [0, 0.05) is 32.5 Å². The molecular weight excluding hydrogens is 629 g/mol. The molecule has 2 fully saturated rings. The highest BCUT2D eigenvalue weighted by Gasteiger charge is 2.39. The van der Waals surface area contributed by atoms with Gasteiger partial charge in [0.15, 0.2) is 0 Å². The second-order valence-corrected chi connectivity index (χ2v) is 13.3. The second kappa shape index (κ2) is 14.4. The van der Waals surface area contributed by atoms with E-state index in [1.807, 2.05) is 31.2 Å². The first-order chi connectivity index (χ1) is 22.1. The van der Waals surface area contributed by atoms with Crippen LogP contribution in [0.1, 0.15) is 63.5 Å². The van der Waals surface area contributed by atoms with Crippen LogP contribution in [-0.2, 0) is 32.3 Å². The van der Waals surface area contributed by atoms with Crippen molar-refractivity contribution >= 4 is 46.2 Å². The van der Waals surface area contributed by atoms with Gasteiger partial charge in [-0.05, 0) is 83.0 Å². The summed E-state index contributed by atoms with van der Waals surface area (Å²) >= 11 is 4.98. The average Bonchev–Trinajstić information content (AvgIpc) is 3.84. The number of hydrogen-bond donors (Lipinski definition) is 1. The predicted octanol–water partition coefficient (Wildman–Crippen LogP) is 5.16. The van der Waals surface area contributed by atoms with E-state index in [9.17, 15) is 19.2 Å². The Labute approximate surface area is 276 Å². The molecule has 0 bridgehead atoms. The predicted molar refractivity (Wildman–Crippen MR) is 180 cm³/mol. The number of para-hydroxylation sites is 1. The molecule has 1 saturated heterocycles. The molecule has 1 aliphatic heterocycles. The van der Waals surface area contributed by atoms with Gasteiger partial charge >= 0.3 is 5.69 Å². The van der Waals surface area contributed by atoms with Crippen molar-refractivity contribution in [1.29, 1.82) is 0 Å². The van der Waals surface area contributed by atoms with Crippen LogP contribution in [-0.4, -0.2) is 57.0 Å². The fraction of sp³-hybridized carbons (Fsp3) is 0.485. The number of thiol groups is 1. The first-order valence-corrected chi connectivity index (χ1v) is 16.7. The molecule has 3 aromatic heterocycles. The number of likely N-dealkylation sites (tertiary alicyclic amines) is 1. The lowest BCUT2D eigenvalue weighted by Gasteiger charge is -2.31. The molecule has 0 N–H and O–H groups in total. The minimum absolute atomic E-state index is 0.214. The number of aromatic nitrogens is 3. The maximum Gasteiger partial charge on any atom is 0.333 e. The standard InChI is InChI=1S/C27H30N4O5S.C6H10O2S/c1-17-20-23(32)31(27(2,3)25(33)29-13-7-8-14-29)26(34)30(15-11-18-9-5-6-10-19(18)35-4)24(20)37-21(17)22-28-12-16-36-22;7-5-1-3-6(8-9)4-2-5/h5-6,9-10,12,16H,7-8,11,13-15H2,1-4H3;6,9H,1-4H2. The molecule has 4 aromatic rings. The van der Waals surface area contributed by atoms with Gasteiger partial charge in [-0.2, -0.15) is 0 Å². The Hall–Kier alpha value is -3.68. The van der Waals surface area contributed by atoms with E-state index >= 15 is 0 Å². The van der Waals surface area contributed by atoms with Crippen molar-refractivity contribution in [3.63, 3.8) is 0 Å². The van der Waals surface area contributed by atoms with E-state index in [1.165, 1.54) is 17.6 Å². The highest BCUT2D eigenvalue weighted by molar-refractivity contribution is 7.75. The number of amides is 1. The summed E-state index contributed by atoms with van der Waals surface area (Å²) in [6.45, 7) is 6.70. The molecule has 0 radical (unpaired) electrons. The zero-order chi connectivity index (χ0) is 33.0. The van der Waals surface area contributed by atoms with Gasteiger partial charge in [-0.15, -0.1) is 11.3 Å². The van der Waals surface area contributed by atoms with E-state index in [0.29, 0.717) is 71.2 Å². The molecule has 0 unspecified atom stereocenters. The van der Waals surface area contributed by atoms with Crippen LogP contribution in [0.15, 0.2) is 50.7 Å². The van der Waals surface area contributed by atoms with Crippen molar-refractivity contribution in [2.24, 2.45) is 0 Å². The third-order valence-electron chi connectivity index (χ3n) is 8.75. The zero-order valence-electron chi connectivity index (χ0n) is 26.6. The maximum absolute atomic E-state index is 14.0. The molecule has 0 atom stereocenters. The largest absolute Gasteiger partial charge is 0.496 e. The van der Waals surface area contributed by atoms with Crippen LogP contribution in [0.5, 0.6) is 5.75 Å². The molecule has 1 aliphatic carbocycles. The number of fused-ring (bicyclic) bond motifs is 1. The number of benzene rings is 1. The molecule has 1 aromatic carbocycles. The summed E-state index contributed by atoms with van der Waals surface area (Å²) in [5.41, 5.74) is -0.716. The van der Waals surface area contributed by atoms with Gasteiger partial charge in [-0.3, -0.25) is 19.0 Å². The Morgan fingerprint density at radius 1 is 1.13 bits per heavy atom. The number of hydrogen-bond acceptors (Lipinski definition) is 10. The van der Waals surface area contributed by atoms with Gasteiger partial charge in [-0.25, -0.2) is 14.3 Å². The first-order valence-electron chi connectivity index (χ1n) is 15.5. The molecule has 11 nitrogen and oxygen atoms in total. The minimum atomic E-state index is -1.35. The molecule has 1 amide bonds. The number of Topliss-reactive ketones (excluding diaryl/α,β-unsaturated/α-hetero) is 1. The maximum atomic E-state index is 14.0. The zero-order valence-corrected chi connectivity index (χ0v) is 28.3. The number of ketones is 1. The van der Waals surface area contributed by atoms with Gasteiger partial charge in [0.05, 0.1) is 29.7 Å². The van der Waals surface area contributed by atoms with Crippen LogP contribution in [0.3, 0.4) is 0 Å². The topological polar surface area (TPSA) is 126 Å². The summed E-state index contributed by atoms with van der Waals surface area (Å²) in [7, 11) is 1.61. The van der Waals surface area contributed by atoms with Crippen LogP contribution in [0.25, 0.3) is 21.0 Å². The quantitative estimate of drug-likeness (QED) is 0.202. The van der Waals surface area contributed by atoms with Crippen LogP contribution in [0.2, 0.25) is 0 Å². The summed E-state index contributed by atoms with van der Waals surface area (Å²) in [5.74, 6) is 1.26. The Kier molecular flexibility index (Phi) is 10.5. The molecule has 4 heterocycles. The van der Waals surface area contributed by atoms with E-state index < -0.39 is 16.8 Å². The highest BCUT2D eigenvalue weighted by atomic mass is 32.1. The third kappa shape index (κ3) is 6.72. The smallest absolute Gasteiger partial charge is 0.333 e. The molecule has 13 heteroatoms. The Balaban J connectivity index is 0.000000400. The number of oxazole rings is 1. The van der Waals surface area contributed by atoms with Crippen molar-refractivity contribution in [2.75, 3.05) is 20.2 Å². The SMILES string of the molecule is COc1ccccc1CCn1c(=O)n(C(C)(C)C(=O)N2CCCC2)c(=O)c2c(C)c(-c3ncco3)sc21.O=C1CCC(OS)CC1. The van der Waals surface area contributed by atoms with Gasteiger partial charge < -0.3 is 18.2 Å². The van der Waals surface area contributed by atoms with E-state index in [-0.39, 0.29) is 12.0 Å². The average molecular weight is 669 g/mol. The lowest BCUT2D eigenvalue weighted by Crippen LogP contribution is -2.56. The van der Waals surface area contributed by atoms with Crippen molar-refractivity contribution < 1.29 is 22.9 Å². The monoisotopic (exact) mass is 668 g/mol. The van der Waals surface area contributed by atoms with Crippen LogP contribution in [0, 0.1) is 6.92 Å². The highest BCUT2D eigenvalue weighted by Crippen LogP contribution is 2.36.